The molecule has 1 aromatic carbocycles. The normalized spacial score (nSPS) is 15.5. The van der Waals surface area contributed by atoms with E-state index in [-0.39, 0.29) is 5.41 Å². The summed E-state index contributed by atoms with van der Waals surface area (Å²) in [6.07, 6.45) is 1.62. The summed E-state index contributed by atoms with van der Waals surface area (Å²) in [7, 11) is 0. The third kappa shape index (κ3) is 3.79. The van der Waals surface area contributed by atoms with Crippen molar-refractivity contribution < 1.29 is 4.74 Å². The zero-order valence-electron chi connectivity index (χ0n) is 14.0. The van der Waals surface area contributed by atoms with E-state index < -0.39 is 0 Å². The van der Waals surface area contributed by atoms with Crippen molar-refractivity contribution in [2.75, 3.05) is 36.5 Å². The third-order valence-electron chi connectivity index (χ3n) is 3.99. The lowest BCUT2D eigenvalue weighted by atomic mass is 9.86. The van der Waals surface area contributed by atoms with Crippen LogP contribution in [0.25, 0.3) is 0 Å². The molecule has 0 bridgehead atoms. The van der Waals surface area contributed by atoms with Gasteiger partial charge in [-0.25, -0.2) is 9.97 Å². The number of rotatable bonds is 3. The van der Waals surface area contributed by atoms with Crippen LogP contribution in [0.5, 0.6) is 0 Å². The SMILES string of the molecule is CC(C)(C)c1ccccc1Nc1cc(N2CCOCC2)ncn1. The molecule has 0 radical (unpaired) electrons. The molecule has 2 aromatic rings. The van der Waals surface area contributed by atoms with E-state index in [1.165, 1.54) is 5.56 Å². The molecule has 0 spiro atoms. The van der Waals surface area contributed by atoms with Crippen molar-refractivity contribution in [3.05, 3.63) is 42.2 Å². The van der Waals surface area contributed by atoms with Crippen molar-refractivity contribution in [2.45, 2.75) is 26.2 Å². The Hall–Kier alpha value is -2.14. The van der Waals surface area contributed by atoms with Crippen LogP contribution in [0.15, 0.2) is 36.7 Å². The molecule has 3 rings (SSSR count). The van der Waals surface area contributed by atoms with Gasteiger partial charge in [0.1, 0.15) is 18.0 Å². The van der Waals surface area contributed by atoms with E-state index >= 15 is 0 Å². The lowest BCUT2D eigenvalue weighted by Crippen LogP contribution is -2.36. The van der Waals surface area contributed by atoms with Crippen LogP contribution in [0.2, 0.25) is 0 Å². The molecule has 1 saturated heterocycles. The molecule has 1 N–H and O–H groups in total. The van der Waals surface area contributed by atoms with Gasteiger partial charge in [-0.2, -0.15) is 0 Å². The smallest absolute Gasteiger partial charge is 0.135 e. The zero-order valence-corrected chi connectivity index (χ0v) is 14.0. The third-order valence-corrected chi connectivity index (χ3v) is 3.99. The van der Waals surface area contributed by atoms with Gasteiger partial charge in [-0.05, 0) is 17.0 Å². The summed E-state index contributed by atoms with van der Waals surface area (Å²) in [5.41, 5.74) is 2.43. The predicted molar refractivity (Wildman–Crippen MR) is 93.5 cm³/mol. The van der Waals surface area contributed by atoms with Crippen LogP contribution in [-0.4, -0.2) is 36.3 Å². The first-order chi connectivity index (χ1) is 11.0. The molecule has 1 aliphatic rings. The highest BCUT2D eigenvalue weighted by atomic mass is 16.5. The molecule has 2 heterocycles. The van der Waals surface area contributed by atoms with Crippen molar-refractivity contribution in [1.29, 1.82) is 0 Å². The second-order valence-electron chi connectivity index (χ2n) is 6.78. The summed E-state index contributed by atoms with van der Waals surface area (Å²) in [5.74, 6) is 1.76. The highest BCUT2D eigenvalue weighted by molar-refractivity contribution is 5.64. The van der Waals surface area contributed by atoms with Crippen LogP contribution in [0.4, 0.5) is 17.3 Å². The molecule has 5 heteroatoms. The van der Waals surface area contributed by atoms with E-state index in [1.807, 2.05) is 12.1 Å². The fourth-order valence-corrected chi connectivity index (χ4v) is 2.76. The molecule has 0 unspecified atom stereocenters. The van der Waals surface area contributed by atoms with E-state index in [0.29, 0.717) is 0 Å². The van der Waals surface area contributed by atoms with Crippen molar-refractivity contribution in [3.63, 3.8) is 0 Å². The van der Waals surface area contributed by atoms with Gasteiger partial charge in [0.25, 0.3) is 0 Å². The van der Waals surface area contributed by atoms with E-state index in [2.05, 4.69) is 59.2 Å². The number of morpholine rings is 1. The molecule has 1 aromatic heterocycles. The quantitative estimate of drug-likeness (QED) is 0.942. The molecule has 122 valence electrons. The molecular weight excluding hydrogens is 288 g/mol. The van der Waals surface area contributed by atoms with Crippen molar-refractivity contribution in [3.8, 4) is 0 Å². The van der Waals surface area contributed by atoms with Crippen molar-refractivity contribution in [2.24, 2.45) is 0 Å². The van der Waals surface area contributed by atoms with Gasteiger partial charge in [0.15, 0.2) is 0 Å². The summed E-state index contributed by atoms with van der Waals surface area (Å²) in [6, 6.07) is 10.4. The molecule has 0 atom stereocenters. The number of nitrogens with one attached hydrogen (secondary N) is 1. The first kappa shape index (κ1) is 15.7. The summed E-state index contributed by atoms with van der Waals surface area (Å²) in [4.78, 5) is 11.0. The van der Waals surface area contributed by atoms with Gasteiger partial charge in [-0.1, -0.05) is 39.0 Å². The number of para-hydroxylation sites is 1. The van der Waals surface area contributed by atoms with Gasteiger partial charge >= 0.3 is 0 Å². The van der Waals surface area contributed by atoms with Crippen molar-refractivity contribution in [1.82, 2.24) is 9.97 Å². The van der Waals surface area contributed by atoms with E-state index in [9.17, 15) is 0 Å². The number of anilines is 3. The number of benzene rings is 1. The van der Waals surface area contributed by atoms with Gasteiger partial charge in [0.2, 0.25) is 0 Å². The fourth-order valence-electron chi connectivity index (χ4n) is 2.76. The van der Waals surface area contributed by atoms with Gasteiger partial charge < -0.3 is 15.0 Å². The Labute approximate surface area is 137 Å². The van der Waals surface area contributed by atoms with Gasteiger partial charge in [0, 0.05) is 24.8 Å². The predicted octanol–water partition coefficient (Wildman–Crippen LogP) is 3.35. The number of ether oxygens (including phenoxy) is 1. The fraction of sp³-hybridized carbons (Fsp3) is 0.444. The van der Waals surface area contributed by atoms with E-state index in [1.54, 1.807) is 6.33 Å². The minimum absolute atomic E-state index is 0.0731. The van der Waals surface area contributed by atoms with Crippen LogP contribution in [0.1, 0.15) is 26.3 Å². The molecule has 0 saturated carbocycles. The van der Waals surface area contributed by atoms with Crippen LogP contribution < -0.4 is 10.2 Å². The van der Waals surface area contributed by atoms with Gasteiger partial charge in [0.05, 0.1) is 13.2 Å². The van der Waals surface area contributed by atoms with Crippen LogP contribution in [0.3, 0.4) is 0 Å². The largest absolute Gasteiger partial charge is 0.378 e. The average Bonchev–Trinajstić information content (AvgIpc) is 2.55. The van der Waals surface area contributed by atoms with Crippen LogP contribution >= 0.6 is 0 Å². The maximum absolute atomic E-state index is 5.40. The minimum atomic E-state index is 0.0731. The Bertz CT molecular complexity index is 660. The Kier molecular flexibility index (Phi) is 4.48. The molecule has 5 nitrogen and oxygen atoms in total. The summed E-state index contributed by atoms with van der Waals surface area (Å²) < 4.78 is 5.40. The summed E-state index contributed by atoms with van der Waals surface area (Å²) in [5, 5.41) is 3.45. The number of hydrogen-bond donors (Lipinski definition) is 1. The van der Waals surface area contributed by atoms with Gasteiger partial charge in [-0.3, -0.25) is 0 Å². The lowest BCUT2D eigenvalue weighted by molar-refractivity contribution is 0.122. The second-order valence-corrected chi connectivity index (χ2v) is 6.78. The topological polar surface area (TPSA) is 50.3 Å². The average molecular weight is 312 g/mol. The Morgan fingerprint density at radius 3 is 2.57 bits per heavy atom. The highest BCUT2D eigenvalue weighted by Crippen LogP contribution is 2.31. The Morgan fingerprint density at radius 1 is 1.09 bits per heavy atom. The monoisotopic (exact) mass is 312 g/mol. The number of hydrogen-bond acceptors (Lipinski definition) is 5. The highest BCUT2D eigenvalue weighted by Gasteiger charge is 2.18. The molecule has 0 amide bonds. The van der Waals surface area contributed by atoms with E-state index in [4.69, 9.17) is 4.74 Å². The Morgan fingerprint density at radius 2 is 1.83 bits per heavy atom. The molecule has 23 heavy (non-hydrogen) atoms. The standard InChI is InChI=1S/C18H24N4O/c1-18(2,3)14-6-4-5-7-15(14)21-16-12-17(20-13-19-16)22-8-10-23-11-9-22/h4-7,12-13H,8-11H2,1-3H3,(H,19,20,21). The molecule has 1 fully saturated rings. The maximum atomic E-state index is 5.40. The molecule has 0 aliphatic carbocycles. The molecular formula is C18H24N4O. The second kappa shape index (κ2) is 6.54. The Balaban J connectivity index is 1.84. The number of aromatic nitrogens is 2. The van der Waals surface area contributed by atoms with Crippen molar-refractivity contribution >= 4 is 17.3 Å². The lowest BCUT2D eigenvalue weighted by Gasteiger charge is -2.28. The van der Waals surface area contributed by atoms with Crippen LogP contribution in [-0.2, 0) is 10.2 Å². The minimum Gasteiger partial charge on any atom is -0.378 e. The zero-order chi connectivity index (χ0) is 16.3. The number of nitrogens with zero attached hydrogens (tertiary/aromatic N) is 3. The van der Waals surface area contributed by atoms with Crippen LogP contribution in [0, 0.1) is 0 Å². The summed E-state index contributed by atoms with van der Waals surface area (Å²) in [6.45, 7) is 9.88. The maximum Gasteiger partial charge on any atom is 0.135 e. The molecule has 1 aliphatic heterocycles. The first-order valence-corrected chi connectivity index (χ1v) is 8.05. The van der Waals surface area contributed by atoms with E-state index in [0.717, 1.165) is 43.6 Å². The summed E-state index contributed by atoms with van der Waals surface area (Å²) >= 11 is 0. The van der Waals surface area contributed by atoms with Gasteiger partial charge in [-0.15, -0.1) is 0 Å². The first-order valence-electron chi connectivity index (χ1n) is 8.05.